The number of rotatable bonds is 7. The molecule has 1 aromatic heterocycles. The van der Waals surface area contributed by atoms with E-state index in [9.17, 15) is 14.4 Å². The number of Topliss-reactive ketones (excluding diaryl/α,β-unsaturated/α-hetero) is 2. The zero-order valence-corrected chi connectivity index (χ0v) is 12.4. The summed E-state index contributed by atoms with van der Waals surface area (Å²) in [5.74, 6) is -0.234. The Morgan fingerprint density at radius 2 is 1.95 bits per heavy atom. The Balaban J connectivity index is 1.97. The number of hydrogen-bond donors (Lipinski definition) is 0. The van der Waals surface area contributed by atoms with Gasteiger partial charge in [-0.25, -0.2) is 0 Å². The van der Waals surface area contributed by atoms with Crippen molar-refractivity contribution in [2.45, 2.75) is 20.3 Å². The van der Waals surface area contributed by atoms with Gasteiger partial charge in [0.2, 0.25) is 0 Å². The van der Waals surface area contributed by atoms with Crippen LogP contribution < -0.4 is 4.74 Å². The molecule has 0 saturated carbocycles. The van der Waals surface area contributed by atoms with E-state index in [2.05, 4.69) is 4.74 Å². The van der Waals surface area contributed by atoms with Crippen molar-refractivity contribution in [1.29, 1.82) is 0 Å². The van der Waals surface area contributed by atoms with E-state index in [1.54, 1.807) is 18.2 Å². The van der Waals surface area contributed by atoms with Crippen molar-refractivity contribution in [2.75, 3.05) is 13.2 Å². The minimum atomic E-state index is -0.420. The van der Waals surface area contributed by atoms with Crippen molar-refractivity contribution in [3.8, 4) is 5.75 Å². The van der Waals surface area contributed by atoms with E-state index in [1.807, 2.05) is 0 Å². The van der Waals surface area contributed by atoms with Gasteiger partial charge < -0.3 is 13.9 Å². The van der Waals surface area contributed by atoms with Gasteiger partial charge in [0, 0.05) is 18.7 Å². The Morgan fingerprint density at radius 3 is 2.64 bits per heavy atom. The minimum absolute atomic E-state index is 0.0484. The number of furan rings is 1. The van der Waals surface area contributed by atoms with Gasteiger partial charge >= 0.3 is 5.97 Å². The van der Waals surface area contributed by atoms with Crippen molar-refractivity contribution in [2.24, 2.45) is 0 Å². The van der Waals surface area contributed by atoms with Gasteiger partial charge in [0.25, 0.3) is 0 Å². The molecule has 0 aliphatic heterocycles. The summed E-state index contributed by atoms with van der Waals surface area (Å²) in [6.07, 6.45) is 1.51. The predicted octanol–water partition coefficient (Wildman–Crippen LogP) is 2.54. The summed E-state index contributed by atoms with van der Waals surface area (Å²) in [6.45, 7) is 2.66. The number of fused-ring (bicyclic) bond motifs is 1. The lowest BCUT2D eigenvalue weighted by Gasteiger charge is -2.06. The molecule has 2 aromatic rings. The lowest BCUT2D eigenvalue weighted by molar-refractivity contribution is -0.141. The summed E-state index contributed by atoms with van der Waals surface area (Å²) in [7, 11) is 0. The summed E-state index contributed by atoms with van der Waals surface area (Å²) in [4.78, 5) is 33.7. The molecule has 6 heteroatoms. The largest absolute Gasteiger partial charge is 0.486 e. The number of carbonyl (C=O) groups excluding carboxylic acids is 3. The van der Waals surface area contributed by atoms with Crippen LogP contribution in [0, 0.1) is 0 Å². The van der Waals surface area contributed by atoms with Crippen molar-refractivity contribution in [3.63, 3.8) is 0 Å². The second-order valence-corrected chi connectivity index (χ2v) is 4.78. The summed E-state index contributed by atoms with van der Waals surface area (Å²) in [5.41, 5.74) is 1.06. The van der Waals surface area contributed by atoms with Crippen molar-refractivity contribution in [1.82, 2.24) is 0 Å². The molecule has 0 aliphatic rings. The molecule has 0 fully saturated rings. The smallest absolute Gasteiger partial charge is 0.302 e. The first-order chi connectivity index (χ1) is 10.5. The van der Waals surface area contributed by atoms with Crippen LogP contribution in [0.4, 0.5) is 0 Å². The third kappa shape index (κ3) is 3.94. The molecule has 116 valence electrons. The van der Waals surface area contributed by atoms with Gasteiger partial charge in [-0.2, -0.15) is 0 Å². The molecule has 0 saturated heterocycles. The van der Waals surface area contributed by atoms with E-state index in [0.29, 0.717) is 22.3 Å². The number of ether oxygens (including phenoxy) is 2. The maximum atomic E-state index is 11.6. The molecule has 0 atom stereocenters. The first-order valence-electron chi connectivity index (χ1n) is 6.77. The topological polar surface area (TPSA) is 82.8 Å². The first-order valence-corrected chi connectivity index (χ1v) is 6.77. The van der Waals surface area contributed by atoms with Gasteiger partial charge in [-0.05, 0) is 25.1 Å². The molecule has 0 radical (unpaired) electrons. The molecule has 2 rings (SSSR count). The molecule has 0 aliphatic carbocycles. The molecule has 22 heavy (non-hydrogen) atoms. The highest BCUT2D eigenvalue weighted by Crippen LogP contribution is 2.26. The average molecular weight is 304 g/mol. The molecule has 0 spiro atoms. The van der Waals surface area contributed by atoms with E-state index in [0.717, 1.165) is 0 Å². The molecule has 1 heterocycles. The van der Waals surface area contributed by atoms with Gasteiger partial charge in [-0.15, -0.1) is 0 Å². The van der Waals surface area contributed by atoms with Crippen LogP contribution in [0.1, 0.15) is 30.6 Å². The van der Waals surface area contributed by atoms with Gasteiger partial charge in [-0.3, -0.25) is 14.4 Å². The number of benzene rings is 1. The lowest BCUT2D eigenvalue weighted by Crippen LogP contribution is -2.14. The van der Waals surface area contributed by atoms with Crippen LogP contribution in [0.25, 0.3) is 11.0 Å². The van der Waals surface area contributed by atoms with Gasteiger partial charge in [-0.1, -0.05) is 0 Å². The summed E-state index contributed by atoms with van der Waals surface area (Å²) >= 11 is 0. The van der Waals surface area contributed by atoms with Crippen LogP contribution in [0.2, 0.25) is 0 Å². The normalized spacial score (nSPS) is 10.5. The fourth-order valence-electron chi connectivity index (χ4n) is 1.92. The van der Waals surface area contributed by atoms with Crippen molar-refractivity contribution < 1.29 is 28.3 Å². The number of carbonyl (C=O) groups is 3. The zero-order chi connectivity index (χ0) is 16.1. The summed E-state index contributed by atoms with van der Waals surface area (Å²) in [5, 5.41) is 0.650. The quantitative estimate of drug-likeness (QED) is 0.577. The van der Waals surface area contributed by atoms with Crippen LogP contribution in [-0.4, -0.2) is 30.7 Å². The van der Waals surface area contributed by atoms with Crippen LogP contribution >= 0.6 is 0 Å². The molecule has 0 amide bonds. The number of hydrogen-bond acceptors (Lipinski definition) is 6. The van der Waals surface area contributed by atoms with E-state index in [-0.39, 0.29) is 31.2 Å². The lowest BCUT2D eigenvalue weighted by atomic mass is 10.1. The highest BCUT2D eigenvalue weighted by Gasteiger charge is 2.11. The van der Waals surface area contributed by atoms with Crippen molar-refractivity contribution in [3.05, 3.63) is 30.0 Å². The molecule has 0 unspecified atom stereocenters. The summed E-state index contributed by atoms with van der Waals surface area (Å²) < 4.78 is 15.4. The number of ketones is 2. The monoisotopic (exact) mass is 304 g/mol. The average Bonchev–Trinajstić information content (AvgIpc) is 2.88. The SMILES string of the molecule is CC(=O)OCCC(=O)COc1ccc2occ(C(C)=O)c2c1. The third-order valence-corrected chi connectivity index (χ3v) is 3.01. The Bertz CT molecular complexity index is 712. The zero-order valence-electron chi connectivity index (χ0n) is 12.4. The fraction of sp³-hybridized carbons (Fsp3) is 0.312. The maximum absolute atomic E-state index is 11.6. The second kappa shape index (κ2) is 6.89. The van der Waals surface area contributed by atoms with Crippen LogP contribution in [0.15, 0.2) is 28.9 Å². The predicted molar refractivity (Wildman–Crippen MR) is 78.0 cm³/mol. The van der Waals surface area contributed by atoms with E-state index in [4.69, 9.17) is 9.15 Å². The minimum Gasteiger partial charge on any atom is -0.486 e. The van der Waals surface area contributed by atoms with Crippen LogP contribution in [-0.2, 0) is 14.3 Å². The molecule has 1 aromatic carbocycles. The van der Waals surface area contributed by atoms with E-state index in [1.165, 1.54) is 20.1 Å². The Hall–Kier alpha value is -2.63. The van der Waals surface area contributed by atoms with Crippen molar-refractivity contribution >= 4 is 28.5 Å². The van der Waals surface area contributed by atoms with Crippen LogP contribution in [0.5, 0.6) is 5.75 Å². The Kier molecular flexibility index (Phi) is 4.93. The van der Waals surface area contributed by atoms with E-state index < -0.39 is 5.97 Å². The Labute approximate surface area is 127 Å². The summed E-state index contributed by atoms with van der Waals surface area (Å²) in [6, 6.07) is 5.00. The molecular weight excluding hydrogens is 288 g/mol. The second-order valence-electron chi connectivity index (χ2n) is 4.78. The maximum Gasteiger partial charge on any atom is 0.302 e. The molecular formula is C16H16O6. The van der Waals surface area contributed by atoms with Gasteiger partial charge in [0.15, 0.2) is 11.6 Å². The highest BCUT2D eigenvalue weighted by atomic mass is 16.5. The fourth-order valence-corrected chi connectivity index (χ4v) is 1.92. The third-order valence-electron chi connectivity index (χ3n) is 3.01. The van der Waals surface area contributed by atoms with Crippen LogP contribution in [0.3, 0.4) is 0 Å². The highest BCUT2D eigenvalue weighted by molar-refractivity contribution is 6.06. The number of esters is 1. The standard InChI is InChI=1S/C16H16O6/c1-10(17)15-9-22-16-4-3-13(7-14(15)16)21-8-12(19)5-6-20-11(2)18/h3-4,7,9H,5-6,8H2,1-2H3. The first kappa shape index (κ1) is 15.8. The molecule has 0 N–H and O–H groups in total. The van der Waals surface area contributed by atoms with E-state index >= 15 is 0 Å². The van der Waals surface area contributed by atoms with Gasteiger partial charge in [0.05, 0.1) is 12.2 Å². The molecule has 0 bridgehead atoms. The van der Waals surface area contributed by atoms with Gasteiger partial charge in [0.1, 0.15) is 24.2 Å². The Morgan fingerprint density at radius 1 is 1.18 bits per heavy atom. The molecule has 6 nitrogen and oxygen atoms in total.